The molecule has 0 aliphatic heterocycles. The van der Waals surface area contributed by atoms with Gasteiger partial charge in [-0.25, -0.2) is 13.1 Å². The average Bonchev–Trinajstić information content (AvgIpc) is 2.25. The lowest BCUT2D eigenvalue weighted by Crippen LogP contribution is -2.25. The zero-order valence-electron chi connectivity index (χ0n) is 8.94. The first-order valence-electron chi connectivity index (χ1n) is 4.81. The van der Waals surface area contributed by atoms with Crippen LogP contribution in [0.5, 0.6) is 0 Å². The molecule has 0 amide bonds. The second-order valence-corrected chi connectivity index (χ2v) is 5.32. The van der Waals surface area contributed by atoms with Crippen LogP contribution in [-0.2, 0) is 14.8 Å². The van der Waals surface area contributed by atoms with E-state index in [9.17, 15) is 8.42 Å². The Morgan fingerprint density at radius 1 is 1.38 bits per heavy atom. The summed E-state index contributed by atoms with van der Waals surface area (Å²) >= 11 is 5.80. The molecule has 4 nitrogen and oxygen atoms in total. The first-order valence-corrected chi connectivity index (χ1v) is 6.67. The van der Waals surface area contributed by atoms with Gasteiger partial charge in [-0.2, -0.15) is 0 Å². The van der Waals surface area contributed by atoms with Gasteiger partial charge in [-0.15, -0.1) is 0 Å². The first kappa shape index (κ1) is 13.4. The molecule has 0 aromatic heterocycles. The van der Waals surface area contributed by atoms with Crippen molar-refractivity contribution in [2.45, 2.75) is 11.3 Å². The SMILES string of the molecule is COCCCNS(=O)(=O)c1ccccc1Cl. The molecule has 1 aromatic carbocycles. The molecule has 0 spiro atoms. The summed E-state index contributed by atoms with van der Waals surface area (Å²) < 4.78 is 30.8. The fourth-order valence-electron chi connectivity index (χ4n) is 1.16. The Morgan fingerprint density at radius 2 is 2.06 bits per heavy atom. The summed E-state index contributed by atoms with van der Waals surface area (Å²) in [6.45, 7) is 0.854. The topological polar surface area (TPSA) is 55.4 Å². The smallest absolute Gasteiger partial charge is 0.242 e. The predicted molar refractivity (Wildman–Crippen MR) is 63.1 cm³/mol. The third-order valence-electron chi connectivity index (χ3n) is 1.94. The fourth-order valence-corrected chi connectivity index (χ4v) is 2.75. The van der Waals surface area contributed by atoms with Gasteiger partial charge in [0, 0.05) is 20.3 Å². The Hall–Kier alpha value is -0.620. The van der Waals surface area contributed by atoms with E-state index >= 15 is 0 Å². The van der Waals surface area contributed by atoms with Crippen LogP contribution in [0.2, 0.25) is 5.02 Å². The van der Waals surface area contributed by atoms with Crippen LogP contribution in [0.1, 0.15) is 6.42 Å². The molecule has 0 saturated heterocycles. The zero-order chi connectivity index (χ0) is 12.0. The summed E-state index contributed by atoms with van der Waals surface area (Å²) in [4.78, 5) is 0.106. The van der Waals surface area contributed by atoms with Gasteiger partial charge in [-0.3, -0.25) is 0 Å². The van der Waals surface area contributed by atoms with E-state index in [-0.39, 0.29) is 9.92 Å². The molecule has 0 atom stereocenters. The van der Waals surface area contributed by atoms with Crippen molar-refractivity contribution in [1.29, 1.82) is 0 Å². The van der Waals surface area contributed by atoms with Gasteiger partial charge in [0.05, 0.1) is 5.02 Å². The van der Waals surface area contributed by atoms with Crippen LogP contribution in [0.25, 0.3) is 0 Å². The second kappa shape index (κ2) is 6.20. The van der Waals surface area contributed by atoms with Crippen LogP contribution in [0.3, 0.4) is 0 Å². The number of hydrogen-bond acceptors (Lipinski definition) is 3. The van der Waals surface area contributed by atoms with Gasteiger partial charge < -0.3 is 4.74 Å². The molecule has 90 valence electrons. The highest BCUT2D eigenvalue weighted by molar-refractivity contribution is 7.89. The van der Waals surface area contributed by atoms with Crippen molar-refractivity contribution in [3.8, 4) is 0 Å². The number of halogens is 1. The minimum atomic E-state index is -3.51. The fraction of sp³-hybridized carbons (Fsp3) is 0.400. The van der Waals surface area contributed by atoms with Crippen molar-refractivity contribution in [3.05, 3.63) is 29.3 Å². The van der Waals surface area contributed by atoms with Gasteiger partial charge in [0.15, 0.2) is 0 Å². The van der Waals surface area contributed by atoms with E-state index in [1.54, 1.807) is 25.3 Å². The first-order chi connectivity index (χ1) is 7.58. The van der Waals surface area contributed by atoms with Crippen LogP contribution in [0, 0.1) is 0 Å². The number of benzene rings is 1. The maximum atomic E-state index is 11.8. The Kier molecular flexibility index (Phi) is 5.21. The van der Waals surface area contributed by atoms with Crippen molar-refractivity contribution >= 4 is 21.6 Å². The van der Waals surface area contributed by atoms with E-state index in [0.29, 0.717) is 19.6 Å². The van der Waals surface area contributed by atoms with Crippen LogP contribution >= 0.6 is 11.6 Å². The highest BCUT2D eigenvalue weighted by atomic mass is 35.5. The van der Waals surface area contributed by atoms with Crippen molar-refractivity contribution in [1.82, 2.24) is 4.72 Å². The lowest BCUT2D eigenvalue weighted by molar-refractivity contribution is 0.196. The summed E-state index contributed by atoms with van der Waals surface area (Å²) in [6.07, 6.45) is 0.625. The minimum Gasteiger partial charge on any atom is -0.385 e. The van der Waals surface area contributed by atoms with Crippen LogP contribution < -0.4 is 4.72 Å². The van der Waals surface area contributed by atoms with Gasteiger partial charge in [-0.1, -0.05) is 23.7 Å². The molecule has 6 heteroatoms. The lowest BCUT2D eigenvalue weighted by atomic mass is 10.4. The van der Waals surface area contributed by atoms with Crippen molar-refractivity contribution in [2.24, 2.45) is 0 Å². The van der Waals surface area contributed by atoms with Crippen LogP contribution in [0.4, 0.5) is 0 Å². The molecule has 16 heavy (non-hydrogen) atoms. The maximum absolute atomic E-state index is 11.8. The standard InChI is InChI=1S/C10H14ClNO3S/c1-15-8-4-7-12-16(13,14)10-6-3-2-5-9(10)11/h2-3,5-6,12H,4,7-8H2,1H3. The Bertz CT molecular complexity index is 433. The number of rotatable bonds is 6. The highest BCUT2D eigenvalue weighted by Crippen LogP contribution is 2.19. The van der Waals surface area contributed by atoms with Crippen molar-refractivity contribution in [3.63, 3.8) is 0 Å². The molecule has 0 bridgehead atoms. The van der Waals surface area contributed by atoms with Crippen molar-refractivity contribution < 1.29 is 13.2 Å². The molecule has 1 N–H and O–H groups in total. The van der Waals surface area contributed by atoms with Gasteiger partial charge in [0.1, 0.15) is 4.90 Å². The lowest BCUT2D eigenvalue weighted by Gasteiger charge is -2.07. The molecule has 1 aromatic rings. The van der Waals surface area contributed by atoms with Crippen LogP contribution in [0.15, 0.2) is 29.2 Å². The summed E-state index contributed by atoms with van der Waals surface area (Å²) in [5.41, 5.74) is 0. The van der Waals surface area contributed by atoms with E-state index in [1.165, 1.54) is 6.07 Å². The van der Waals surface area contributed by atoms with Crippen LogP contribution in [-0.4, -0.2) is 28.7 Å². The number of methoxy groups -OCH3 is 1. The largest absolute Gasteiger partial charge is 0.385 e. The molecule has 0 aliphatic rings. The highest BCUT2D eigenvalue weighted by Gasteiger charge is 2.15. The molecule has 0 unspecified atom stereocenters. The van der Waals surface area contributed by atoms with Gasteiger partial charge >= 0.3 is 0 Å². The zero-order valence-corrected chi connectivity index (χ0v) is 10.5. The predicted octanol–water partition coefficient (Wildman–Crippen LogP) is 1.65. The number of hydrogen-bond donors (Lipinski definition) is 1. The maximum Gasteiger partial charge on any atom is 0.242 e. The van der Waals surface area contributed by atoms with E-state index in [4.69, 9.17) is 16.3 Å². The third-order valence-corrected chi connectivity index (χ3v) is 3.90. The molecule has 0 heterocycles. The van der Waals surface area contributed by atoms with E-state index in [0.717, 1.165) is 0 Å². The molecule has 0 radical (unpaired) electrons. The van der Waals surface area contributed by atoms with Gasteiger partial charge in [0.25, 0.3) is 0 Å². The number of ether oxygens (including phenoxy) is 1. The quantitative estimate of drug-likeness (QED) is 0.794. The molecule has 0 saturated carbocycles. The summed E-state index contributed by atoms with van der Waals surface area (Å²) in [5.74, 6) is 0. The third kappa shape index (κ3) is 3.75. The van der Waals surface area contributed by atoms with E-state index < -0.39 is 10.0 Å². The molecule has 0 aliphatic carbocycles. The second-order valence-electron chi connectivity index (χ2n) is 3.17. The minimum absolute atomic E-state index is 0.106. The van der Waals surface area contributed by atoms with E-state index in [2.05, 4.69) is 4.72 Å². The molecular weight excluding hydrogens is 250 g/mol. The van der Waals surface area contributed by atoms with Gasteiger partial charge in [-0.05, 0) is 18.6 Å². The average molecular weight is 264 g/mol. The number of nitrogens with one attached hydrogen (secondary N) is 1. The normalized spacial score (nSPS) is 11.6. The Morgan fingerprint density at radius 3 is 2.69 bits per heavy atom. The summed E-state index contributed by atoms with van der Waals surface area (Å²) in [7, 11) is -1.94. The Balaban J connectivity index is 2.68. The monoisotopic (exact) mass is 263 g/mol. The number of sulfonamides is 1. The Labute approximate surface area is 101 Å². The van der Waals surface area contributed by atoms with Crippen molar-refractivity contribution in [2.75, 3.05) is 20.3 Å². The van der Waals surface area contributed by atoms with E-state index in [1.807, 2.05) is 0 Å². The summed E-state index contributed by atoms with van der Waals surface area (Å²) in [6, 6.07) is 6.34. The molecule has 1 rings (SSSR count). The van der Waals surface area contributed by atoms with Gasteiger partial charge in [0.2, 0.25) is 10.0 Å². The summed E-state index contributed by atoms with van der Waals surface area (Å²) in [5, 5.41) is 0.224. The molecule has 0 fully saturated rings. The molecular formula is C10H14ClNO3S.